The minimum absolute atomic E-state index is 0.220. The first-order chi connectivity index (χ1) is 8.54. The lowest BCUT2D eigenvalue weighted by Crippen LogP contribution is -2.02. The number of halogens is 3. The maximum Gasteiger partial charge on any atom is 0.305 e. The van der Waals surface area contributed by atoms with Gasteiger partial charge in [0.05, 0.1) is 28.8 Å². The summed E-state index contributed by atoms with van der Waals surface area (Å²) >= 11 is 17.6. The van der Waals surface area contributed by atoms with Gasteiger partial charge in [-0.05, 0) is 18.9 Å². The molecule has 0 saturated carbocycles. The first kappa shape index (κ1) is 15.4. The second-order valence-corrected chi connectivity index (χ2v) is 4.80. The highest BCUT2D eigenvalue weighted by atomic mass is 35.5. The van der Waals surface area contributed by atoms with Crippen molar-refractivity contribution in [3.63, 3.8) is 0 Å². The average Bonchev–Trinajstić information content (AvgIpc) is 2.34. The van der Waals surface area contributed by atoms with Crippen molar-refractivity contribution in [1.82, 2.24) is 0 Å². The molecule has 3 nitrogen and oxygen atoms in total. The molecule has 18 heavy (non-hydrogen) atoms. The van der Waals surface area contributed by atoms with Crippen LogP contribution in [0.2, 0.25) is 15.1 Å². The van der Waals surface area contributed by atoms with Gasteiger partial charge in [-0.3, -0.25) is 4.79 Å². The summed E-state index contributed by atoms with van der Waals surface area (Å²) in [6.45, 7) is 0.453. The minimum Gasteiger partial charge on any atom is -0.492 e. The standard InChI is InChI=1S/C12H13Cl3O3/c1-17-12(16)4-2-3-5-18-11-7-9(14)8(13)6-10(11)15/h6-7H,2-5H2,1H3. The van der Waals surface area contributed by atoms with E-state index in [9.17, 15) is 4.79 Å². The summed E-state index contributed by atoms with van der Waals surface area (Å²) in [5.41, 5.74) is 0. The van der Waals surface area contributed by atoms with Gasteiger partial charge < -0.3 is 9.47 Å². The van der Waals surface area contributed by atoms with Crippen LogP contribution < -0.4 is 4.74 Å². The third-order valence-electron chi connectivity index (χ3n) is 2.24. The van der Waals surface area contributed by atoms with E-state index in [-0.39, 0.29) is 5.97 Å². The van der Waals surface area contributed by atoms with E-state index < -0.39 is 0 Å². The molecule has 0 aliphatic heterocycles. The molecule has 1 aromatic rings. The van der Waals surface area contributed by atoms with E-state index in [1.165, 1.54) is 13.2 Å². The van der Waals surface area contributed by atoms with Gasteiger partial charge in [-0.15, -0.1) is 0 Å². The maximum atomic E-state index is 10.9. The molecule has 0 fully saturated rings. The van der Waals surface area contributed by atoms with Gasteiger partial charge in [-0.2, -0.15) is 0 Å². The number of hydrogen-bond acceptors (Lipinski definition) is 3. The second-order valence-electron chi connectivity index (χ2n) is 3.58. The SMILES string of the molecule is COC(=O)CCCCOc1cc(Cl)c(Cl)cc1Cl. The lowest BCUT2D eigenvalue weighted by Gasteiger charge is -2.09. The van der Waals surface area contributed by atoms with Crippen LogP contribution in [-0.2, 0) is 9.53 Å². The van der Waals surface area contributed by atoms with Crippen LogP contribution in [0.1, 0.15) is 19.3 Å². The maximum absolute atomic E-state index is 10.9. The summed E-state index contributed by atoms with van der Waals surface area (Å²) in [7, 11) is 1.37. The Morgan fingerprint density at radius 3 is 2.44 bits per heavy atom. The largest absolute Gasteiger partial charge is 0.492 e. The quantitative estimate of drug-likeness (QED) is 0.444. The van der Waals surface area contributed by atoms with Crippen LogP contribution in [0.4, 0.5) is 0 Å². The van der Waals surface area contributed by atoms with Gasteiger partial charge >= 0.3 is 5.97 Å². The van der Waals surface area contributed by atoms with Crippen molar-refractivity contribution < 1.29 is 14.3 Å². The first-order valence-electron chi connectivity index (χ1n) is 5.38. The summed E-state index contributed by atoms with van der Waals surface area (Å²) in [6.07, 6.45) is 1.81. The molecule has 0 bridgehead atoms. The van der Waals surface area contributed by atoms with E-state index in [0.29, 0.717) is 40.3 Å². The first-order valence-corrected chi connectivity index (χ1v) is 6.52. The van der Waals surface area contributed by atoms with Gasteiger partial charge in [-0.1, -0.05) is 34.8 Å². The van der Waals surface area contributed by atoms with Crippen molar-refractivity contribution in [2.75, 3.05) is 13.7 Å². The van der Waals surface area contributed by atoms with Crippen molar-refractivity contribution in [3.05, 3.63) is 27.2 Å². The second kappa shape index (κ2) is 7.72. The monoisotopic (exact) mass is 310 g/mol. The predicted molar refractivity (Wildman–Crippen MR) is 72.8 cm³/mol. The highest BCUT2D eigenvalue weighted by Crippen LogP contribution is 2.33. The van der Waals surface area contributed by atoms with E-state index in [1.807, 2.05) is 0 Å². The van der Waals surface area contributed by atoms with Crippen LogP contribution in [0.3, 0.4) is 0 Å². The van der Waals surface area contributed by atoms with Gasteiger partial charge in [0.2, 0.25) is 0 Å². The Hall–Kier alpha value is -0.640. The lowest BCUT2D eigenvalue weighted by molar-refractivity contribution is -0.140. The Balaban J connectivity index is 2.36. The molecule has 1 rings (SSSR count). The molecule has 0 heterocycles. The summed E-state index contributed by atoms with van der Waals surface area (Å²) in [4.78, 5) is 10.9. The van der Waals surface area contributed by atoms with Gasteiger partial charge in [0.15, 0.2) is 0 Å². The molecular formula is C12H13Cl3O3. The summed E-state index contributed by atoms with van der Waals surface area (Å²) in [6, 6.07) is 3.11. The van der Waals surface area contributed by atoms with E-state index >= 15 is 0 Å². The molecule has 0 saturated heterocycles. The Morgan fingerprint density at radius 2 is 1.78 bits per heavy atom. The Morgan fingerprint density at radius 1 is 1.11 bits per heavy atom. The number of benzene rings is 1. The van der Waals surface area contributed by atoms with E-state index in [1.54, 1.807) is 6.07 Å². The van der Waals surface area contributed by atoms with Crippen LogP contribution in [0.15, 0.2) is 12.1 Å². The number of methoxy groups -OCH3 is 1. The molecule has 0 spiro atoms. The Kier molecular flexibility index (Phi) is 6.61. The number of hydrogen-bond donors (Lipinski definition) is 0. The van der Waals surface area contributed by atoms with Gasteiger partial charge in [0, 0.05) is 12.5 Å². The van der Waals surface area contributed by atoms with Crippen LogP contribution in [0.5, 0.6) is 5.75 Å². The normalized spacial score (nSPS) is 10.2. The molecule has 0 amide bonds. The predicted octanol–water partition coefficient (Wildman–Crippen LogP) is 4.37. The fourth-order valence-electron chi connectivity index (χ4n) is 1.27. The molecule has 0 atom stereocenters. The molecule has 0 aliphatic rings. The zero-order valence-corrected chi connectivity index (χ0v) is 12.1. The van der Waals surface area contributed by atoms with Gasteiger partial charge in [-0.25, -0.2) is 0 Å². The van der Waals surface area contributed by atoms with E-state index in [0.717, 1.165) is 6.42 Å². The van der Waals surface area contributed by atoms with E-state index in [2.05, 4.69) is 4.74 Å². The number of carbonyl (C=O) groups is 1. The molecular weight excluding hydrogens is 298 g/mol. The van der Waals surface area contributed by atoms with Crippen molar-refractivity contribution in [2.45, 2.75) is 19.3 Å². The number of rotatable bonds is 6. The van der Waals surface area contributed by atoms with Crippen LogP contribution >= 0.6 is 34.8 Å². The van der Waals surface area contributed by atoms with Crippen molar-refractivity contribution >= 4 is 40.8 Å². The lowest BCUT2D eigenvalue weighted by atomic mass is 10.2. The van der Waals surface area contributed by atoms with Gasteiger partial charge in [0.25, 0.3) is 0 Å². The molecule has 0 N–H and O–H groups in total. The molecule has 0 aliphatic carbocycles. The van der Waals surface area contributed by atoms with Crippen LogP contribution in [0, 0.1) is 0 Å². The molecule has 0 radical (unpaired) electrons. The molecule has 0 unspecified atom stereocenters. The number of esters is 1. The van der Waals surface area contributed by atoms with Crippen molar-refractivity contribution in [1.29, 1.82) is 0 Å². The Bertz CT molecular complexity index is 421. The third-order valence-corrected chi connectivity index (χ3v) is 3.25. The fourth-order valence-corrected chi connectivity index (χ4v) is 1.86. The average molecular weight is 312 g/mol. The highest BCUT2D eigenvalue weighted by molar-refractivity contribution is 6.43. The zero-order chi connectivity index (χ0) is 13.5. The third kappa shape index (κ3) is 4.92. The molecule has 1 aromatic carbocycles. The van der Waals surface area contributed by atoms with Crippen LogP contribution in [0.25, 0.3) is 0 Å². The number of ether oxygens (including phenoxy) is 2. The van der Waals surface area contributed by atoms with E-state index in [4.69, 9.17) is 39.5 Å². The zero-order valence-electron chi connectivity index (χ0n) is 9.84. The van der Waals surface area contributed by atoms with Gasteiger partial charge in [0.1, 0.15) is 5.75 Å². The highest BCUT2D eigenvalue weighted by Gasteiger charge is 2.07. The number of carbonyl (C=O) groups excluding carboxylic acids is 1. The molecule has 6 heteroatoms. The van der Waals surface area contributed by atoms with Crippen molar-refractivity contribution in [3.8, 4) is 5.75 Å². The fraction of sp³-hybridized carbons (Fsp3) is 0.417. The topological polar surface area (TPSA) is 35.5 Å². The summed E-state index contributed by atoms with van der Waals surface area (Å²) in [5.74, 6) is 0.270. The Labute approximate surface area is 121 Å². The van der Waals surface area contributed by atoms with Crippen LogP contribution in [-0.4, -0.2) is 19.7 Å². The molecule has 0 aromatic heterocycles. The van der Waals surface area contributed by atoms with Crippen molar-refractivity contribution in [2.24, 2.45) is 0 Å². The minimum atomic E-state index is -0.220. The number of unbranched alkanes of at least 4 members (excludes halogenated alkanes) is 1. The summed E-state index contributed by atoms with van der Waals surface area (Å²) < 4.78 is 9.99. The summed E-state index contributed by atoms with van der Waals surface area (Å²) in [5, 5.41) is 1.20. The smallest absolute Gasteiger partial charge is 0.305 e. The molecule has 100 valence electrons.